The van der Waals surface area contributed by atoms with E-state index in [-0.39, 0.29) is 29.2 Å². The number of pyridine rings is 1. The molecule has 0 aliphatic heterocycles. The van der Waals surface area contributed by atoms with Crippen LogP contribution in [0.2, 0.25) is 0 Å². The molecule has 6 nitrogen and oxygen atoms in total. The van der Waals surface area contributed by atoms with Crippen LogP contribution < -0.4 is 5.73 Å². The van der Waals surface area contributed by atoms with Gasteiger partial charge in [-0.15, -0.1) is 11.6 Å². The number of rotatable bonds is 5. The number of carboxylic acid groups (broad SMARTS) is 1. The predicted octanol–water partition coefficient (Wildman–Crippen LogP) is 0.385. The number of aliphatic hydroxyl groups is 2. The first kappa shape index (κ1) is 13.7. The van der Waals surface area contributed by atoms with E-state index in [9.17, 15) is 15.0 Å². The first-order valence-electron chi connectivity index (χ1n) is 4.88. The number of nitrogens with two attached hydrogens (primary N) is 1. The van der Waals surface area contributed by atoms with Crippen LogP contribution in [0.15, 0.2) is 12.3 Å². The maximum Gasteiger partial charge on any atom is 0.339 e. The van der Waals surface area contributed by atoms with Crippen LogP contribution in [-0.2, 0) is 0 Å². The minimum absolute atomic E-state index is 0.139. The molecule has 1 heterocycles. The molecular formula is C10H13ClN2O4. The first-order valence-corrected chi connectivity index (χ1v) is 5.41. The fourth-order valence-electron chi connectivity index (χ4n) is 1.32. The fraction of sp³-hybridized carbons (Fsp3) is 0.400. The van der Waals surface area contributed by atoms with Crippen molar-refractivity contribution in [2.24, 2.45) is 0 Å². The second-order valence-corrected chi connectivity index (χ2v) is 3.87. The molecule has 1 aromatic heterocycles. The average molecular weight is 261 g/mol. The number of alkyl halides is 1. The van der Waals surface area contributed by atoms with Gasteiger partial charge < -0.3 is 21.1 Å². The van der Waals surface area contributed by atoms with Crippen LogP contribution in [0.25, 0.3) is 0 Å². The van der Waals surface area contributed by atoms with Crippen LogP contribution >= 0.6 is 11.6 Å². The lowest BCUT2D eigenvalue weighted by molar-refractivity contribution is 0.0167. The van der Waals surface area contributed by atoms with Crippen LogP contribution in [-0.4, -0.2) is 38.3 Å². The van der Waals surface area contributed by atoms with Gasteiger partial charge in [-0.2, -0.15) is 0 Å². The molecule has 0 amide bonds. The van der Waals surface area contributed by atoms with Gasteiger partial charge in [0.2, 0.25) is 0 Å². The topological polar surface area (TPSA) is 117 Å². The van der Waals surface area contributed by atoms with Crippen molar-refractivity contribution in [3.05, 3.63) is 23.4 Å². The van der Waals surface area contributed by atoms with Gasteiger partial charge in [0.1, 0.15) is 17.5 Å². The number of aliphatic hydroxyl groups excluding tert-OH is 2. The monoisotopic (exact) mass is 260 g/mol. The van der Waals surface area contributed by atoms with Gasteiger partial charge >= 0.3 is 5.97 Å². The lowest BCUT2D eigenvalue weighted by Gasteiger charge is -2.17. The Labute approximate surface area is 103 Å². The normalized spacial score (nSPS) is 14.3. The molecule has 0 saturated carbocycles. The summed E-state index contributed by atoms with van der Waals surface area (Å²) in [6.45, 7) is 0. The Balaban J connectivity index is 2.99. The van der Waals surface area contributed by atoms with Crippen LogP contribution in [0.5, 0.6) is 0 Å². The zero-order chi connectivity index (χ0) is 13.0. The van der Waals surface area contributed by atoms with Crippen molar-refractivity contribution >= 4 is 23.4 Å². The number of hydrogen-bond acceptors (Lipinski definition) is 5. The molecule has 17 heavy (non-hydrogen) atoms. The van der Waals surface area contributed by atoms with Gasteiger partial charge in [-0.25, -0.2) is 9.78 Å². The van der Waals surface area contributed by atoms with Gasteiger partial charge in [-0.1, -0.05) is 0 Å². The number of hydrogen-bond donors (Lipinski definition) is 4. The van der Waals surface area contributed by atoms with E-state index in [4.69, 9.17) is 22.4 Å². The number of nitrogen functional groups attached to an aromatic ring is 1. The Kier molecular flexibility index (Phi) is 4.68. The molecule has 2 unspecified atom stereocenters. The van der Waals surface area contributed by atoms with Gasteiger partial charge in [0, 0.05) is 17.6 Å². The van der Waals surface area contributed by atoms with E-state index in [2.05, 4.69) is 4.98 Å². The molecule has 0 fully saturated rings. The smallest absolute Gasteiger partial charge is 0.339 e. The molecular weight excluding hydrogens is 248 g/mol. The molecule has 5 N–H and O–H groups in total. The van der Waals surface area contributed by atoms with E-state index in [0.29, 0.717) is 0 Å². The third kappa shape index (κ3) is 3.29. The molecule has 1 rings (SSSR count). The van der Waals surface area contributed by atoms with Gasteiger partial charge in [0.25, 0.3) is 0 Å². The van der Waals surface area contributed by atoms with E-state index in [1.54, 1.807) is 0 Å². The van der Waals surface area contributed by atoms with Crippen LogP contribution in [0.3, 0.4) is 0 Å². The molecule has 0 spiro atoms. The Morgan fingerprint density at radius 3 is 2.71 bits per heavy atom. The van der Waals surface area contributed by atoms with Crippen LogP contribution in [0, 0.1) is 0 Å². The maximum atomic E-state index is 10.8. The highest BCUT2D eigenvalue weighted by Crippen LogP contribution is 2.21. The number of aromatic carboxylic acids is 1. The Morgan fingerprint density at radius 1 is 1.53 bits per heavy atom. The summed E-state index contributed by atoms with van der Waals surface area (Å²) < 4.78 is 0. The minimum Gasteiger partial charge on any atom is -0.478 e. The van der Waals surface area contributed by atoms with E-state index in [0.717, 1.165) is 0 Å². The van der Waals surface area contributed by atoms with Crippen molar-refractivity contribution in [1.82, 2.24) is 4.98 Å². The van der Waals surface area contributed by atoms with Crippen molar-refractivity contribution in [2.45, 2.75) is 18.6 Å². The summed E-state index contributed by atoms with van der Waals surface area (Å²) in [6, 6.07) is 1.19. The number of carbonyl (C=O) groups is 1. The first-order chi connectivity index (χ1) is 7.97. The summed E-state index contributed by atoms with van der Waals surface area (Å²) in [5.41, 5.74) is 5.35. The molecule has 7 heteroatoms. The third-order valence-corrected chi connectivity index (χ3v) is 2.50. The SMILES string of the molecule is Nc1ncc(C(O)C(O)CCCl)cc1C(=O)O. The van der Waals surface area contributed by atoms with Crippen molar-refractivity contribution < 1.29 is 20.1 Å². The summed E-state index contributed by atoms with van der Waals surface area (Å²) in [5, 5.41) is 28.1. The van der Waals surface area contributed by atoms with Crippen molar-refractivity contribution in [3.8, 4) is 0 Å². The molecule has 0 bridgehead atoms. The van der Waals surface area contributed by atoms with E-state index in [1.165, 1.54) is 12.3 Å². The molecule has 0 aliphatic carbocycles. The number of halogens is 1. The predicted molar refractivity (Wildman–Crippen MR) is 61.9 cm³/mol. The zero-order valence-corrected chi connectivity index (χ0v) is 9.63. The highest BCUT2D eigenvalue weighted by molar-refractivity contribution is 6.17. The maximum absolute atomic E-state index is 10.8. The van der Waals surface area contributed by atoms with Crippen LogP contribution in [0.1, 0.15) is 28.4 Å². The highest BCUT2D eigenvalue weighted by atomic mass is 35.5. The standard InChI is InChI=1S/C10H13ClN2O4/c11-2-1-7(14)8(15)5-3-6(10(16)17)9(12)13-4-5/h3-4,7-8,14-15H,1-2H2,(H2,12,13)(H,16,17). The van der Waals surface area contributed by atoms with Gasteiger partial charge in [-0.3, -0.25) is 0 Å². The molecule has 1 aromatic rings. The summed E-state index contributed by atoms with van der Waals surface area (Å²) in [6.07, 6.45) is -0.890. The molecule has 0 radical (unpaired) electrons. The lowest BCUT2D eigenvalue weighted by Crippen LogP contribution is -2.19. The largest absolute Gasteiger partial charge is 0.478 e. The second-order valence-electron chi connectivity index (χ2n) is 3.50. The zero-order valence-electron chi connectivity index (χ0n) is 8.88. The lowest BCUT2D eigenvalue weighted by atomic mass is 10.0. The Bertz CT molecular complexity index is 413. The van der Waals surface area contributed by atoms with E-state index in [1.807, 2.05) is 0 Å². The van der Waals surface area contributed by atoms with Gasteiger partial charge in [0.05, 0.1) is 6.10 Å². The third-order valence-electron chi connectivity index (χ3n) is 2.28. The van der Waals surface area contributed by atoms with E-state index >= 15 is 0 Å². The number of carboxylic acids is 1. The van der Waals surface area contributed by atoms with E-state index < -0.39 is 18.2 Å². The van der Waals surface area contributed by atoms with Crippen molar-refractivity contribution in [3.63, 3.8) is 0 Å². The average Bonchev–Trinajstić information content (AvgIpc) is 2.28. The summed E-state index contributed by atoms with van der Waals surface area (Å²) in [5.74, 6) is -1.19. The summed E-state index contributed by atoms with van der Waals surface area (Å²) >= 11 is 5.43. The van der Waals surface area contributed by atoms with Crippen molar-refractivity contribution in [1.29, 1.82) is 0 Å². The second kappa shape index (κ2) is 5.81. The highest BCUT2D eigenvalue weighted by Gasteiger charge is 2.20. The Hall–Kier alpha value is -1.37. The molecule has 0 saturated heterocycles. The van der Waals surface area contributed by atoms with Crippen molar-refractivity contribution in [2.75, 3.05) is 11.6 Å². The summed E-state index contributed by atoms with van der Waals surface area (Å²) in [7, 11) is 0. The number of aromatic nitrogens is 1. The molecule has 2 atom stereocenters. The Morgan fingerprint density at radius 2 is 2.18 bits per heavy atom. The number of nitrogens with zero attached hydrogens (tertiary/aromatic N) is 1. The number of anilines is 1. The van der Waals surface area contributed by atoms with Gasteiger partial charge in [-0.05, 0) is 12.5 Å². The molecule has 94 valence electrons. The summed E-state index contributed by atoms with van der Waals surface area (Å²) in [4.78, 5) is 14.5. The van der Waals surface area contributed by atoms with Gasteiger partial charge in [0.15, 0.2) is 0 Å². The minimum atomic E-state index is -1.24. The fourth-order valence-corrected chi connectivity index (χ4v) is 1.54. The molecule has 0 aromatic carbocycles. The van der Waals surface area contributed by atoms with Crippen LogP contribution in [0.4, 0.5) is 5.82 Å². The quantitative estimate of drug-likeness (QED) is 0.569. The molecule has 0 aliphatic rings.